The van der Waals surface area contributed by atoms with Crippen LogP contribution in [0.2, 0.25) is 0 Å². The van der Waals surface area contributed by atoms with Crippen LogP contribution in [-0.4, -0.2) is 40.0 Å². The Morgan fingerprint density at radius 3 is 2.97 bits per heavy atom. The number of hydrogen-bond donors (Lipinski definition) is 0. The topological polar surface area (TPSA) is 41.4 Å². The molecule has 5 rings (SSSR count). The van der Waals surface area contributed by atoms with Gasteiger partial charge in [-0.25, -0.2) is 4.98 Å². The summed E-state index contributed by atoms with van der Waals surface area (Å²) in [5.74, 6) is 1.72. The van der Waals surface area contributed by atoms with Crippen molar-refractivity contribution < 1.29 is 4.79 Å². The highest BCUT2D eigenvalue weighted by atomic mass is 32.1. The van der Waals surface area contributed by atoms with Crippen LogP contribution in [0.3, 0.4) is 0 Å². The van der Waals surface area contributed by atoms with Crippen molar-refractivity contribution in [1.29, 1.82) is 0 Å². The number of likely N-dealkylation sites (tertiary alicyclic amines) is 1. The molecule has 5 nitrogen and oxygen atoms in total. The molecule has 0 radical (unpaired) electrons. The van der Waals surface area contributed by atoms with Crippen molar-refractivity contribution in [3.05, 3.63) is 64.7 Å². The summed E-state index contributed by atoms with van der Waals surface area (Å²) < 4.78 is 2.22. The van der Waals surface area contributed by atoms with Crippen molar-refractivity contribution in [1.82, 2.24) is 14.5 Å². The summed E-state index contributed by atoms with van der Waals surface area (Å²) in [6.45, 7) is 6.97. The number of fused-ring (bicyclic) bond motifs is 4. The molecule has 0 aromatic carbocycles. The molecule has 1 fully saturated rings. The van der Waals surface area contributed by atoms with Gasteiger partial charge in [-0.3, -0.25) is 4.79 Å². The molecule has 0 aliphatic carbocycles. The summed E-state index contributed by atoms with van der Waals surface area (Å²) in [4.78, 5) is 22.3. The third-order valence-corrected chi connectivity index (χ3v) is 6.84. The molecule has 3 aromatic rings. The first-order valence-corrected chi connectivity index (χ1v) is 11.2. The lowest BCUT2D eigenvalue weighted by molar-refractivity contribution is -0.129. The number of nitrogens with zero attached hydrogens (tertiary/aromatic N) is 4. The van der Waals surface area contributed by atoms with E-state index in [9.17, 15) is 4.79 Å². The second kappa shape index (κ2) is 7.02. The van der Waals surface area contributed by atoms with Gasteiger partial charge >= 0.3 is 0 Å². The SMILES string of the molecule is CC(C)CN1c2cccnc2-n2cccc2C12CCN(C(=O)Cc1ccsc1)C2. The van der Waals surface area contributed by atoms with Crippen molar-refractivity contribution >= 4 is 22.9 Å². The molecule has 6 heteroatoms. The van der Waals surface area contributed by atoms with E-state index in [2.05, 4.69) is 58.0 Å². The summed E-state index contributed by atoms with van der Waals surface area (Å²) in [7, 11) is 0. The number of amides is 1. The predicted molar refractivity (Wildman–Crippen MR) is 117 cm³/mol. The molecule has 5 heterocycles. The highest BCUT2D eigenvalue weighted by Gasteiger charge is 2.50. The fraction of sp³-hybridized carbons (Fsp3) is 0.391. The van der Waals surface area contributed by atoms with Gasteiger partial charge in [0.15, 0.2) is 5.82 Å². The maximum Gasteiger partial charge on any atom is 0.227 e. The third kappa shape index (κ3) is 2.97. The molecular formula is C23H26N4OS. The van der Waals surface area contributed by atoms with Crippen LogP contribution in [0.15, 0.2) is 53.5 Å². The molecule has 1 amide bonds. The third-order valence-electron chi connectivity index (χ3n) is 6.11. The second-order valence-electron chi connectivity index (χ2n) is 8.52. The fourth-order valence-corrected chi connectivity index (χ4v) is 5.52. The minimum Gasteiger partial charge on any atom is -0.355 e. The van der Waals surface area contributed by atoms with Crippen LogP contribution in [0, 0.1) is 5.92 Å². The van der Waals surface area contributed by atoms with E-state index >= 15 is 0 Å². The standard InChI is InChI=1S/C23H26N4OS/c1-17(2)14-27-19-5-3-9-24-22(19)26-10-4-6-20(26)23(27)8-11-25(16-23)21(28)13-18-7-12-29-15-18/h3-7,9-10,12,15,17H,8,11,13-14,16H2,1-2H3. The van der Waals surface area contributed by atoms with Gasteiger partial charge in [-0.15, -0.1) is 0 Å². The van der Waals surface area contributed by atoms with Gasteiger partial charge in [-0.05, 0) is 59.0 Å². The first-order valence-electron chi connectivity index (χ1n) is 10.3. The zero-order chi connectivity index (χ0) is 20.0. The zero-order valence-corrected chi connectivity index (χ0v) is 17.7. The van der Waals surface area contributed by atoms with Crippen molar-refractivity contribution in [2.45, 2.75) is 32.2 Å². The fourth-order valence-electron chi connectivity index (χ4n) is 4.85. The molecule has 0 bridgehead atoms. The Kier molecular flexibility index (Phi) is 4.46. The Morgan fingerprint density at radius 2 is 2.17 bits per heavy atom. The van der Waals surface area contributed by atoms with Crippen LogP contribution >= 0.6 is 11.3 Å². The minimum atomic E-state index is -0.200. The van der Waals surface area contributed by atoms with Crippen LogP contribution in [-0.2, 0) is 16.8 Å². The number of pyridine rings is 1. The minimum absolute atomic E-state index is 0.200. The predicted octanol–water partition coefficient (Wildman–Crippen LogP) is 4.08. The molecule has 2 aliphatic heterocycles. The van der Waals surface area contributed by atoms with Crippen molar-refractivity contribution in [3.63, 3.8) is 0 Å². The first-order chi connectivity index (χ1) is 14.1. The first kappa shape index (κ1) is 18.4. The van der Waals surface area contributed by atoms with Crippen molar-refractivity contribution in [2.24, 2.45) is 5.92 Å². The number of rotatable bonds is 4. The summed E-state index contributed by atoms with van der Waals surface area (Å²) >= 11 is 1.65. The summed E-state index contributed by atoms with van der Waals surface area (Å²) in [6, 6.07) is 10.5. The van der Waals surface area contributed by atoms with E-state index in [1.807, 2.05) is 23.7 Å². The summed E-state index contributed by atoms with van der Waals surface area (Å²) in [5.41, 5.74) is 3.32. The van der Waals surface area contributed by atoms with E-state index in [0.29, 0.717) is 12.3 Å². The number of carbonyl (C=O) groups excluding carboxylic acids is 1. The molecule has 0 saturated carbocycles. The molecular weight excluding hydrogens is 380 g/mol. The van der Waals surface area contributed by atoms with Gasteiger partial charge in [-0.1, -0.05) is 13.8 Å². The molecule has 1 spiro atoms. The van der Waals surface area contributed by atoms with Gasteiger partial charge in [0.1, 0.15) is 5.54 Å². The van der Waals surface area contributed by atoms with Gasteiger partial charge < -0.3 is 14.4 Å². The van der Waals surface area contributed by atoms with Crippen LogP contribution < -0.4 is 4.90 Å². The normalized spacial score (nSPS) is 20.4. The molecule has 0 N–H and O–H groups in total. The highest BCUT2D eigenvalue weighted by molar-refractivity contribution is 7.08. The molecule has 1 unspecified atom stereocenters. The smallest absolute Gasteiger partial charge is 0.227 e. The van der Waals surface area contributed by atoms with Gasteiger partial charge in [0.25, 0.3) is 0 Å². The average Bonchev–Trinajstić information content (AvgIpc) is 3.45. The van der Waals surface area contributed by atoms with Crippen LogP contribution in [0.5, 0.6) is 0 Å². The van der Waals surface area contributed by atoms with Crippen LogP contribution in [0.4, 0.5) is 5.69 Å². The van der Waals surface area contributed by atoms with Gasteiger partial charge in [0.2, 0.25) is 5.91 Å². The lowest BCUT2D eigenvalue weighted by Gasteiger charge is -2.47. The molecule has 2 aliphatic rings. The average molecular weight is 407 g/mol. The molecule has 1 saturated heterocycles. The molecule has 1 atom stereocenters. The van der Waals surface area contributed by atoms with E-state index in [-0.39, 0.29) is 11.4 Å². The van der Waals surface area contributed by atoms with Crippen LogP contribution in [0.1, 0.15) is 31.5 Å². The second-order valence-corrected chi connectivity index (χ2v) is 9.30. The number of hydrogen-bond acceptors (Lipinski definition) is 4. The van der Waals surface area contributed by atoms with Gasteiger partial charge in [-0.2, -0.15) is 11.3 Å². The Hall–Kier alpha value is -2.60. The van der Waals surface area contributed by atoms with E-state index in [1.54, 1.807) is 11.3 Å². The lowest BCUT2D eigenvalue weighted by Crippen LogP contribution is -2.54. The monoisotopic (exact) mass is 406 g/mol. The molecule has 150 valence electrons. The summed E-state index contributed by atoms with van der Waals surface area (Å²) in [5, 5.41) is 4.11. The Labute approximate surface area is 175 Å². The molecule has 3 aromatic heterocycles. The Bertz CT molecular complexity index is 1030. The van der Waals surface area contributed by atoms with E-state index in [4.69, 9.17) is 4.98 Å². The maximum absolute atomic E-state index is 13.1. The van der Waals surface area contributed by atoms with Gasteiger partial charge in [0, 0.05) is 32.0 Å². The zero-order valence-electron chi connectivity index (χ0n) is 16.9. The van der Waals surface area contributed by atoms with Crippen LogP contribution in [0.25, 0.3) is 5.82 Å². The number of anilines is 1. The van der Waals surface area contributed by atoms with E-state index in [1.165, 1.54) is 5.69 Å². The molecule has 29 heavy (non-hydrogen) atoms. The Morgan fingerprint density at radius 1 is 1.28 bits per heavy atom. The lowest BCUT2D eigenvalue weighted by atomic mass is 9.88. The van der Waals surface area contributed by atoms with E-state index < -0.39 is 0 Å². The summed E-state index contributed by atoms with van der Waals surface area (Å²) in [6.07, 6.45) is 5.39. The highest BCUT2D eigenvalue weighted by Crippen LogP contribution is 2.47. The largest absolute Gasteiger partial charge is 0.355 e. The maximum atomic E-state index is 13.1. The van der Waals surface area contributed by atoms with E-state index in [0.717, 1.165) is 43.1 Å². The van der Waals surface area contributed by atoms with Crippen molar-refractivity contribution in [2.75, 3.05) is 24.5 Å². The Balaban J connectivity index is 1.53. The van der Waals surface area contributed by atoms with Crippen molar-refractivity contribution in [3.8, 4) is 5.82 Å². The number of aromatic nitrogens is 2. The quantitative estimate of drug-likeness (QED) is 0.656. The number of thiophene rings is 1. The van der Waals surface area contributed by atoms with Gasteiger partial charge in [0.05, 0.1) is 17.8 Å². The number of carbonyl (C=O) groups is 1.